The van der Waals surface area contributed by atoms with Crippen molar-refractivity contribution in [2.45, 2.75) is 0 Å². The van der Waals surface area contributed by atoms with Crippen LogP contribution in [0.5, 0.6) is 5.75 Å². The van der Waals surface area contributed by atoms with E-state index in [9.17, 15) is 9.90 Å². The Morgan fingerprint density at radius 2 is 1.89 bits per heavy atom. The Hall–Kier alpha value is -1.99. The van der Waals surface area contributed by atoms with Crippen LogP contribution < -0.4 is 10.6 Å². The maximum Gasteiger partial charge on any atom is 0.322 e. The quantitative estimate of drug-likeness (QED) is 0.476. The Balaban J connectivity index is 2.74. The van der Waals surface area contributed by atoms with Crippen molar-refractivity contribution in [3.63, 3.8) is 0 Å². The third kappa shape index (κ3) is 4.31. The summed E-state index contributed by atoms with van der Waals surface area (Å²) in [6.45, 7) is -0.167. The highest BCUT2D eigenvalue weighted by molar-refractivity contribution is 5.91. The maximum atomic E-state index is 11.9. The van der Waals surface area contributed by atoms with Gasteiger partial charge in [-0.25, -0.2) is 4.79 Å². The highest BCUT2D eigenvalue weighted by Gasteiger charge is 2.14. The topological polar surface area (TPSA) is 105 Å². The number of amides is 2. The van der Waals surface area contributed by atoms with Crippen LogP contribution in [0, 0.1) is 0 Å². The molecule has 0 heterocycles. The van der Waals surface area contributed by atoms with Gasteiger partial charge in [0.15, 0.2) is 0 Å². The predicted octanol–water partition coefficient (Wildman–Crippen LogP) is 0.252. The van der Waals surface area contributed by atoms with Gasteiger partial charge >= 0.3 is 6.03 Å². The molecule has 0 atom stereocenters. The van der Waals surface area contributed by atoms with Gasteiger partial charge in [-0.15, -0.1) is 0 Å². The molecule has 1 aromatic carbocycles. The summed E-state index contributed by atoms with van der Waals surface area (Å²) in [5.74, 6) is -0.0619. The third-order valence-corrected chi connectivity index (χ3v) is 2.56. The largest absolute Gasteiger partial charge is 0.506 e. The van der Waals surface area contributed by atoms with Crippen LogP contribution in [0.1, 0.15) is 0 Å². The Kier molecular flexibility index (Phi) is 5.91. The first-order chi connectivity index (χ1) is 9.12. The van der Waals surface area contributed by atoms with E-state index in [1.54, 1.807) is 19.2 Å². The first-order valence-corrected chi connectivity index (χ1v) is 5.90. The van der Waals surface area contributed by atoms with Gasteiger partial charge in [-0.05, 0) is 12.1 Å². The molecule has 5 N–H and O–H groups in total. The summed E-state index contributed by atoms with van der Waals surface area (Å²) < 4.78 is 0. The molecule has 0 fully saturated rings. The summed E-state index contributed by atoms with van der Waals surface area (Å²) in [4.78, 5) is 13.1. The average Bonchev–Trinajstić information content (AvgIpc) is 2.40. The number of hydrogen-bond donors (Lipinski definition) is 5. The molecule has 0 saturated heterocycles. The number of nitrogens with one attached hydrogen (secondary N) is 2. The first kappa shape index (κ1) is 15.1. The summed E-state index contributed by atoms with van der Waals surface area (Å²) in [6, 6.07) is 4.26. The van der Waals surface area contributed by atoms with Gasteiger partial charge < -0.3 is 30.9 Å². The number of aromatic hydroxyl groups is 1. The van der Waals surface area contributed by atoms with Crippen LogP contribution >= 0.6 is 0 Å². The number of benzene rings is 1. The molecule has 7 heteroatoms. The van der Waals surface area contributed by atoms with Crippen LogP contribution in [0.2, 0.25) is 0 Å². The number of aliphatic hydroxyl groups excluding tert-OH is 2. The molecule has 0 saturated carbocycles. The van der Waals surface area contributed by atoms with Gasteiger partial charge in [0.2, 0.25) is 0 Å². The second-order valence-electron chi connectivity index (χ2n) is 3.85. The zero-order chi connectivity index (χ0) is 14.3. The van der Waals surface area contributed by atoms with Crippen molar-refractivity contribution in [1.29, 1.82) is 0 Å². The van der Waals surface area contributed by atoms with E-state index < -0.39 is 6.03 Å². The smallest absolute Gasteiger partial charge is 0.322 e. The van der Waals surface area contributed by atoms with Crippen molar-refractivity contribution in [3.05, 3.63) is 18.2 Å². The van der Waals surface area contributed by atoms with Gasteiger partial charge in [0.25, 0.3) is 0 Å². The van der Waals surface area contributed by atoms with Gasteiger partial charge in [0.05, 0.1) is 18.9 Å². The van der Waals surface area contributed by atoms with Gasteiger partial charge in [-0.2, -0.15) is 0 Å². The standard InChI is InChI=1S/C12H19N3O4/c1-13-9-2-3-10(11(18)8-9)14-12(19)15(4-6-16)5-7-17/h2-3,8,13,16-18H,4-7H2,1H3,(H,14,19). The molecule has 0 unspecified atom stereocenters. The number of rotatable bonds is 6. The van der Waals surface area contributed by atoms with Crippen molar-refractivity contribution in [2.24, 2.45) is 0 Å². The van der Waals surface area contributed by atoms with E-state index in [2.05, 4.69) is 10.6 Å². The van der Waals surface area contributed by atoms with Crippen molar-refractivity contribution in [3.8, 4) is 5.75 Å². The fourth-order valence-corrected chi connectivity index (χ4v) is 1.54. The fourth-order valence-electron chi connectivity index (χ4n) is 1.54. The normalized spacial score (nSPS) is 10.1. The summed E-state index contributed by atoms with van der Waals surface area (Å²) in [7, 11) is 1.72. The second kappa shape index (κ2) is 7.45. The molecular weight excluding hydrogens is 250 g/mol. The van der Waals surface area contributed by atoms with E-state index in [4.69, 9.17) is 10.2 Å². The van der Waals surface area contributed by atoms with Crippen LogP contribution in [-0.2, 0) is 0 Å². The minimum absolute atomic E-state index is 0.0619. The summed E-state index contributed by atoms with van der Waals surface area (Å²) in [6.07, 6.45) is 0. The number of anilines is 2. The lowest BCUT2D eigenvalue weighted by Gasteiger charge is -2.21. The van der Waals surface area contributed by atoms with E-state index in [1.807, 2.05) is 0 Å². The number of aliphatic hydroxyl groups is 2. The van der Waals surface area contributed by atoms with Gasteiger partial charge in [0.1, 0.15) is 5.75 Å². The predicted molar refractivity (Wildman–Crippen MR) is 72.4 cm³/mol. The molecule has 1 rings (SSSR count). The molecule has 0 bridgehead atoms. The molecule has 2 amide bonds. The molecular formula is C12H19N3O4. The molecule has 0 radical (unpaired) electrons. The van der Waals surface area contributed by atoms with Crippen molar-refractivity contribution in [1.82, 2.24) is 4.90 Å². The van der Waals surface area contributed by atoms with Gasteiger partial charge in [0, 0.05) is 31.9 Å². The van der Waals surface area contributed by atoms with Crippen molar-refractivity contribution in [2.75, 3.05) is 44.0 Å². The lowest BCUT2D eigenvalue weighted by molar-refractivity contribution is 0.167. The Morgan fingerprint density at radius 1 is 1.26 bits per heavy atom. The second-order valence-corrected chi connectivity index (χ2v) is 3.85. The maximum absolute atomic E-state index is 11.9. The highest BCUT2D eigenvalue weighted by atomic mass is 16.3. The number of carbonyl (C=O) groups is 1. The number of nitrogens with zero attached hydrogens (tertiary/aromatic N) is 1. The van der Waals surface area contributed by atoms with E-state index in [0.29, 0.717) is 0 Å². The van der Waals surface area contributed by atoms with Crippen molar-refractivity contribution >= 4 is 17.4 Å². The molecule has 0 aliphatic heterocycles. The van der Waals surface area contributed by atoms with Crippen LogP contribution in [0.15, 0.2) is 18.2 Å². The van der Waals surface area contributed by atoms with E-state index >= 15 is 0 Å². The van der Waals surface area contributed by atoms with Crippen LogP contribution in [0.4, 0.5) is 16.2 Å². The summed E-state index contributed by atoms with van der Waals surface area (Å²) in [5.41, 5.74) is 0.989. The molecule has 0 aromatic heterocycles. The summed E-state index contributed by atoms with van der Waals surface area (Å²) >= 11 is 0. The van der Waals surface area contributed by atoms with Gasteiger partial charge in [-0.3, -0.25) is 0 Å². The zero-order valence-corrected chi connectivity index (χ0v) is 10.8. The van der Waals surface area contributed by atoms with Crippen LogP contribution in [0.25, 0.3) is 0 Å². The number of hydrogen-bond acceptors (Lipinski definition) is 5. The average molecular weight is 269 g/mol. The number of carbonyl (C=O) groups excluding carboxylic acids is 1. The number of urea groups is 1. The fraction of sp³-hybridized carbons (Fsp3) is 0.417. The Labute approximate surface area is 111 Å². The lowest BCUT2D eigenvalue weighted by atomic mass is 10.2. The molecule has 106 valence electrons. The van der Waals surface area contributed by atoms with Crippen molar-refractivity contribution < 1.29 is 20.1 Å². The molecule has 19 heavy (non-hydrogen) atoms. The van der Waals surface area contributed by atoms with Crippen LogP contribution in [0.3, 0.4) is 0 Å². The number of phenolic OH excluding ortho intramolecular Hbond substituents is 1. The third-order valence-electron chi connectivity index (χ3n) is 2.56. The molecule has 0 spiro atoms. The SMILES string of the molecule is CNc1ccc(NC(=O)N(CCO)CCO)c(O)c1. The summed E-state index contributed by atoms with van der Waals surface area (Å²) in [5, 5.41) is 32.8. The molecule has 1 aromatic rings. The zero-order valence-electron chi connectivity index (χ0n) is 10.8. The Morgan fingerprint density at radius 3 is 2.37 bits per heavy atom. The lowest BCUT2D eigenvalue weighted by Crippen LogP contribution is -2.38. The van der Waals surface area contributed by atoms with E-state index in [-0.39, 0.29) is 37.7 Å². The number of phenols is 1. The van der Waals surface area contributed by atoms with Gasteiger partial charge in [-0.1, -0.05) is 0 Å². The van der Waals surface area contributed by atoms with E-state index in [0.717, 1.165) is 5.69 Å². The monoisotopic (exact) mass is 269 g/mol. The minimum atomic E-state index is -0.490. The minimum Gasteiger partial charge on any atom is -0.506 e. The molecule has 0 aliphatic carbocycles. The first-order valence-electron chi connectivity index (χ1n) is 5.90. The Bertz CT molecular complexity index is 419. The van der Waals surface area contributed by atoms with E-state index in [1.165, 1.54) is 11.0 Å². The molecule has 7 nitrogen and oxygen atoms in total. The highest BCUT2D eigenvalue weighted by Crippen LogP contribution is 2.26. The molecule has 0 aliphatic rings. The van der Waals surface area contributed by atoms with Crippen LogP contribution in [-0.4, -0.2) is 59.6 Å².